The lowest BCUT2D eigenvalue weighted by atomic mass is 10.0. The van der Waals surface area contributed by atoms with E-state index in [4.69, 9.17) is 0 Å². The molecule has 0 fully saturated rings. The van der Waals surface area contributed by atoms with Crippen molar-refractivity contribution in [1.82, 2.24) is 5.32 Å². The van der Waals surface area contributed by atoms with Gasteiger partial charge in [-0.15, -0.1) is 0 Å². The number of aryl methyl sites for hydroxylation is 1. The van der Waals surface area contributed by atoms with Crippen molar-refractivity contribution in [2.75, 3.05) is 6.54 Å². The third kappa shape index (κ3) is 4.05. The molecular weight excluding hydrogens is 182 g/mol. The molecule has 0 saturated heterocycles. The predicted molar refractivity (Wildman–Crippen MR) is 67.3 cm³/mol. The summed E-state index contributed by atoms with van der Waals surface area (Å²) in [5.41, 5.74) is 3.12. The largest absolute Gasteiger partial charge is 0.311 e. The minimum absolute atomic E-state index is 0.267. The molecule has 1 nitrogen and oxygen atoms in total. The van der Waals surface area contributed by atoms with Gasteiger partial charge in [0.25, 0.3) is 0 Å². The van der Waals surface area contributed by atoms with Gasteiger partial charge < -0.3 is 5.32 Å². The summed E-state index contributed by atoms with van der Waals surface area (Å²) in [6, 6.07) is 8.62. The Bertz CT molecular complexity index is 302. The number of rotatable bonds is 5. The van der Waals surface area contributed by atoms with Crippen LogP contribution in [0.25, 0.3) is 0 Å². The normalized spacial score (nSPS) is 11.7. The summed E-state index contributed by atoms with van der Waals surface area (Å²) >= 11 is 0. The van der Waals surface area contributed by atoms with Crippen molar-refractivity contribution in [3.63, 3.8) is 0 Å². The number of benzene rings is 1. The zero-order chi connectivity index (χ0) is 11.3. The van der Waals surface area contributed by atoms with Crippen LogP contribution in [0.3, 0.4) is 0 Å². The average Bonchev–Trinajstić information content (AvgIpc) is 2.21. The van der Waals surface area contributed by atoms with Crippen LogP contribution in [0, 0.1) is 6.92 Å². The Morgan fingerprint density at radius 2 is 1.87 bits per heavy atom. The van der Waals surface area contributed by atoms with Crippen LogP contribution in [-0.2, 0) is 6.42 Å². The summed E-state index contributed by atoms with van der Waals surface area (Å²) in [4.78, 5) is 0. The van der Waals surface area contributed by atoms with Gasteiger partial charge in [0.2, 0.25) is 0 Å². The molecule has 0 heterocycles. The summed E-state index contributed by atoms with van der Waals surface area (Å²) < 4.78 is 0. The Labute approximate surface area is 93.9 Å². The topological polar surface area (TPSA) is 12.0 Å². The molecule has 0 aliphatic carbocycles. The molecule has 0 aromatic heterocycles. The van der Waals surface area contributed by atoms with Gasteiger partial charge in [0.15, 0.2) is 0 Å². The maximum Gasteiger partial charge on any atom is 0.0122 e. The van der Waals surface area contributed by atoms with Crippen molar-refractivity contribution in [2.24, 2.45) is 0 Å². The van der Waals surface area contributed by atoms with E-state index in [2.05, 4.69) is 57.3 Å². The highest BCUT2D eigenvalue weighted by Crippen LogP contribution is 2.09. The van der Waals surface area contributed by atoms with E-state index in [9.17, 15) is 0 Å². The second-order valence-electron chi connectivity index (χ2n) is 4.84. The Morgan fingerprint density at radius 1 is 1.20 bits per heavy atom. The molecule has 0 bridgehead atoms. The van der Waals surface area contributed by atoms with E-state index in [0.717, 1.165) is 13.0 Å². The predicted octanol–water partition coefficient (Wildman–Crippen LogP) is 3.32. The lowest BCUT2D eigenvalue weighted by Gasteiger charge is -2.24. The van der Waals surface area contributed by atoms with E-state index in [-0.39, 0.29) is 5.54 Å². The van der Waals surface area contributed by atoms with Crippen LogP contribution >= 0.6 is 0 Å². The highest BCUT2D eigenvalue weighted by Gasteiger charge is 2.12. The molecule has 0 atom stereocenters. The minimum Gasteiger partial charge on any atom is -0.311 e. The molecule has 1 heteroatoms. The van der Waals surface area contributed by atoms with Crippen LogP contribution in [0.1, 0.15) is 38.3 Å². The molecule has 0 aliphatic rings. The fourth-order valence-corrected chi connectivity index (χ4v) is 1.55. The van der Waals surface area contributed by atoms with E-state index in [1.807, 2.05) is 0 Å². The molecule has 0 amide bonds. The molecule has 1 aromatic rings. The van der Waals surface area contributed by atoms with Crippen molar-refractivity contribution in [1.29, 1.82) is 0 Å². The lowest BCUT2D eigenvalue weighted by molar-refractivity contribution is 0.379. The van der Waals surface area contributed by atoms with Crippen LogP contribution in [0.4, 0.5) is 0 Å². The number of hydrogen-bond donors (Lipinski definition) is 1. The Kier molecular flexibility index (Phi) is 4.34. The van der Waals surface area contributed by atoms with E-state index >= 15 is 0 Å². The fourth-order valence-electron chi connectivity index (χ4n) is 1.55. The van der Waals surface area contributed by atoms with E-state index in [1.54, 1.807) is 0 Å². The third-order valence-corrected chi connectivity index (χ3v) is 3.14. The highest BCUT2D eigenvalue weighted by molar-refractivity contribution is 5.25. The molecule has 1 aromatic carbocycles. The zero-order valence-corrected chi connectivity index (χ0v) is 10.4. The Morgan fingerprint density at radius 3 is 2.47 bits per heavy atom. The highest BCUT2D eigenvalue weighted by atomic mass is 14.9. The van der Waals surface area contributed by atoms with Gasteiger partial charge in [-0.3, -0.25) is 0 Å². The number of hydrogen-bond acceptors (Lipinski definition) is 1. The van der Waals surface area contributed by atoms with Gasteiger partial charge in [-0.1, -0.05) is 31.2 Å². The van der Waals surface area contributed by atoms with Crippen molar-refractivity contribution in [3.05, 3.63) is 35.4 Å². The number of nitrogens with one attached hydrogen (secondary N) is 1. The van der Waals surface area contributed by atoms with Crippen LogP contribution in [0.15, 0.2) is 24.3 Å². The average molecular weight is 205 g/mol. The van der Waals surface area contributed by atoms with Gasteiger partial charge in [-0.2, -0.15) is 0 Å². The zero-order valence-electron chi connectivity index (χ0n) is 10.4. The van der Waals surface area contributed by atoms with Gasteiger partial charge in [0.05, 0.1) is 0 Å². The SMILES string of the molecule is CCC(C)(C)NCCc1ccccc1C. The monoisotopic (exact) mass is 205 g/mol. The summed E-state index contributed by atoms with van der Waals surface area (Å²) in [5.74, 6) is 0. The van der Waals surface area contributed by atoms with Gasteiger partial charge in [-0.25, -0.2) is 0 Å². The standard InChI is InChI=1S/C14H23N/c1-5-14(3,4)15-11-10-13-9-7-6-8-12(13)2/h6-9,15H,5,10-11H2,1-4H3. The van der Waals surface area contributed by atoms with Gasteiger partial charge in [0, 0.05) is 5.54 Å². The Hall–Kier alpha value is -0.820. The molecule has 84 valence electrons. The molecule has 15 heavy (non-hydrogen) atoms. The van der Waals surface area contributed by atoms with E-state index < -0.39 is 0 Å². The summed E-state index contributed by atoms with van der Waals surface area (Å²) in [6.07, 6.45) is 2.29. The van der Waals surface area contributed by atoms with Crippen LogP contribution < -0.4 is 5.32 Å². The van der Waals surface area contributed by atoms with Crippen molar-refractivity contribution in [2.45, 2.75) is 46.1 Å². The quantitative estimate of drug-likeness (QED) is 0.777. The first-order valence-electron chi connectivity index (χ1n) is 5.85. The maximum atomic E-state index is 3.58. The molecule has 0 aliphatic heterocycles. The van der Waals surface area contributed by atoms with E-state index in [1.165, 1.54) is 17.5 Å². The lowest BCUT2D eigenvalue weighted by Crippen LogP contribution is -2.39. The van der Waals surface area contributed by atoms with Crippen LogP contribution in [0.2, 0.25) is 0 Å². The first kappa shape index (κ1) is 12.3. The van der Waals surface area contributed by atoms with Gasteiger partial charge >= 0.3 is 0 Å². The Balaban J connectivity index is 2.42. The minimum atomic E-state index is 0.267. The molecule has 0 saturated carbocycles. The first-order valence-corrected chi connectivity index (χ1v) is 5.85. The maximum absolute atomic E-state index is 3.58. The summed E-state index contributed by atoms with van der Waals surface area (Å²) in [5, 5.41) is 3.58. The molecule has 0 spiro atoms. The van der Waals surface area contributed by atoms with Crippen molar-refractivity contribution < 1.29 is 0 Å². The fraction of sp³-hybridized carbons (Fsp3) is 0.571. The van der Waals surface area contributed by atoms with Crippen LogP contribution in [0.5, 0.6) is 0 Å². The summed E-state index contributed by atoms with van der Waals surface area (Å²) in [6.45, 7) is 9.97. The summed E-state index contributed by atoms with van der Waals surface area (Å²) in [7, 11) is 0. The molecule has 1 rings (SSSR count). The first-order chi connectivity index (χ1) is 7.05. The molecular formula is C14H23N. The molecule has 0 unspecified atom stereocenters. The molecule has 1 N–H and O–H groups in total. The van der Waals surface area contributed by atoms with Crippen LogP contribution in [-0.4, -0.2) is 12.1 Å². The molecule has 0 radical (unpaired) electrons. The van der Waals surface area contributed by atoms with E-state index in [0.29, 0.717) is 0 Å². The van der Waals surface area contributed by atoms with Gasteiger partial charge in [-0.05, 0) is 51.3 Å². The second-order valence-corrected chi connectivity index (χ2v) is 4.84. The second kappa shape index (κ2) is 5.32. The van der Waals surface area contributed by atoms with Crippen molar-refractivity contribution >= 4 is 0 Å². The van der Waals surface area contributed by atoms with Gasteiger partial charge in [0.1, 0.15) is 0 Å². The van der Waals surface area contributed by atoms with Crippen molar-refractivity contribution in [3.8, 4) is 0 Å². The smallest absolute Gasteiger partial charge is 0.0122 e. The third-order valence-electron chi connectivity index (χ3n) is 3.14.